The minimum absolute atomic E-state index is 0.275. The largest absolute Gasteiger partial charge is 0.357 e. The van der Waals surface area contributed by atoms with Crippen LogP contribution in [0.2, 0.25) is 0 Å². The third-order valence-electron chi connectivity index (χ3n) is 3.99. The van der Waals surface area contributed by atoms with Crippen LogP contribution in [0.4, 0.5) is 4.39 Å². The molecule has 0 aliphatic carbocycles. The van der Waals surface area contributed by atoms with Gasteiger partial charge < -0.3 is 4.98 Å². The molecule has 4 rings (SSSR count). The van der Waals surface area contributed by atoms with Gasteiger partial charge in [0.1, 0.15) is 10.0 Å². The Morgan fingerprint density at radius 3 is 2.91 bits per heavy atom. The van der Waals surface area contributed by atoms with Gasteiger partial charge in [-0.3, -0.25) is 0 Å². The minimum atomic E-state index is -3.45. The minimum Gasteiger partial charge on any atom is -0.357 e. The van der Waals surface area contributed by atoms with E-state index < -0.39 is 10.0 Å². The molecule has 0 saturated heterocycles. The normalized spacial score (nSPS) is 16.0. The van der Waals surface area contributed by atoms with Gasteiger partial charge in [0.05, 0.1) is 6.54 Å². The van der Waals surface area contributed by atoms with Crippen molar-refractivity contribution in [1.82, 2.24) is 9.29 Å². The number of hydrogen-bond acceptors (Lipinski definition) is 3. The first kappa shape index (κ1) is 13.9. The summed E-state index contributed by atoms with van der Waals surface area (Å²) < 4.78 is 40.4. The molecule has 0 saturated carbocycles. The van der Waals surface area contributed by atoms with Gasteiger partial charge in [-0.05, 0) is 41.6 Å². The summed E-state index contributed by atoms with van der Waals surface area (Å²) in [5, 5.41) is 2.61. The highest BCUT2D eigenvalue weighted by atomic mass is 32.2. The summed E-state index contributed by atoms with van der Waals surface area (Å²) >= 11 is 1.22. The molecule has 0 fully saturated rings. The molecule has 0 radical (unpaired) electrons. The number of halogens is 1. The lowest BCUT2D eigenvalue weighted by molar-refractivity contribution is 0.389. The van der Waals surface area contributed by atoms with Crippen molar-refractivity contribution >= 4 is 32.3 Å². The predicted octanol–water partition coefficient (Wildman–Crippen LogP) is 3.12. The van der Waals surface area contributed by atoms with E-state index in [1.807, 2.05) is 0 Å². The molecular weight excluding hydrogens is 323 g/mol. The first-order valence-corrected chi connectivity index (χ1v) is 9.20. The van der Waals surface area contributed by atoms with Crippen LogP contribution >= 0.6 is 11.3 Å². The molecular formula is C15H13FN2O2S2. The van der Waals surface area contributed by atoms with Crippen LogP contribution in [0.15, 0.2) is 39.9 Å². The van der Waals surface area contributed by atoms with Crippen molar-refractivity contribution in [2.75, 3.05) is 6.54 Å². The second kappa shape index (κ2) is 4.91. The van der Waals surface area contributed by atoms with Crippen molar-refractivity contribution in [3.8, 4) is 0 Å². The van der Waals surface area contributed by atoms with Gasteiger partial charge in [0.15, 0.2) is 0 Å². The Labute approximate surface area is 131 Å². The van der Waals surface area contributed by atoms with Crippen LogP contribution < -0.4 is 0 Å². The summed E-state index contributed by atoms with van der Waals surface area (Å²) in [7, 11) is -3.45. The lowest BCUT2D eigenvalue weighted by Gasteiger charge is -2.25. The van der Waals surface area contributed by atoms with Crippen LogP contribution in [0.1, 0.15) is 11.3 Å². The van der Waals surface area contributed by atoms with Crippen molar-refractivity contribution in [3.05, 3.63) is 52.8 Å². The van der Waals surface area contributed by atoms with Crippen LogP contribution in [-0.2, 0) is 23.0 Å². The average Bonchev–Trinajstić information content (AvgIpc) is 3.14. The Balaban J connectivity index is 1.75. The first-order valence-electron chi connectivity index (χ1n) is 6.88. The lowest BCUT2D eigenvalue weighted by Crippen LogP contribution is -2.35. The van der Waals surface area contributed by atoms with E-state index in [1.54, 1.807) is 23.6 Å². The maximum Gasteiger partial charge on any atom is 0.252 e. The summed E-state index contributed by atoms with van der Waals surface area (Å²) in [6.45, 7) is 0.711. The molecule has 0 atom stereocenters. The molecule has 22 heavy (non-hydrogen) atoms. The Hall–Kier alpha value is -1.70. The summed E-state index contributed by atoms with van der Waals surface area (Å²) in [4.78, 5) is 3.22. The monoisotopic (exact) mass is 336 g/mol. The number of fused-ring (bicyclic) bond motifs is 3. The van der Waals surface area contributed by atoms with Crippen molar-refractivity contribution in [3.63, 3.8) is 0 Å². The number of H-pyrrole nitrogens is 1. The quantitative estimate of drug-likeness (QED) is 0.782. The van der Waals surface area contributed by atoms with Crippen molar-refractivity contribution in [2.24, 2.45) is 0 Å². The van der Waals surface area contributed by atoms with Crippen LogP contribution in [0.25, 0.3) is 10.9 Å². The summed E-state index contributed by atoms with van der Waals surface area (Å²) in [6.07, 6.45) is 0.587. The van der Waals surface area contributed by atoms with Crippen LogP contribution in [-0.4, -0.2) is 24.3 Å². The molecule has 1 aliphatic rings. The van der Waals surface area contributed by atoms with Crippen molar-refractivity contribution < 1.29 is 12.8 Å². The molecule has 0 spiro atoms. The lowest BCUT2D eigenvalue weighted by atomic mass is 10.0. The van der Waals surface area contributed by atoms with Gasteiger partial charge in [-0.1, -0.05) is 6.07 Å². The van der Waals surface area contributed by atoms with Gasteiger partial charge in [-0.15, -0.1) is 11.3 Å². The van der Waals surface area contributed by atoms with E-state index in [0.717, 1.165) is 22.2 Å². The van der Waals surface area contributed by atoms with Gasteiger partial charge in [0.25, 0.3) is 10.0 Å². The standard InChI is InChI=1S/C15H13FN2O2S2/c16-10-3-4-13-12(8-10)11-5-6-18(9-14(11)17-13)22(19,20)15-2-1-7-21-15/h1-4,7-8,17H,5-6,9H2. The smallest absolute Gasteiger partial charge is 0.252 e. The molecule has 0 amide bonds. The summed E-state index contributed by atoms with van der Waals surface area (Å²) in [5.41, 5.74) is 2.72. The van der Waals surface area contributed by atoms with E-state index >= 15 is 0 Å². The Bertz CT molecular complexity index is 945. The zero-order chi connectivity index (χ0) is 15.3. The highest BCUT2D eigenvalue weighted by Gasteiger charge is 2.30. The van der Waals surface area contributed by atoms with E-state index in [2.05, 4.69) is 4.98 Å². The molecule has 2 aromatic heterocycles. The first-order chi connectivity index (χ1) is 10.6. The van der Waals surface area contributed by atoms with Crippen LogP contribution in [0, 0.1) is 5.82 Å². The maximum atomic E-state index is 13.4. The zero-order valence-electron chi connectivity index (χ0n) is 11.5. The molecule has 1 aromatic carbocycles. The van der Waals surface area contributed by atoms with Gasteiger partial charge in [0.2, 0.25) is 0 Å². The molecule has 114 valence electrons. The summed E-state index contributed by atoms with van der Waals surface area (Å²) in [6, 6.07) is 7.97. The number of sulfonamides is 1. The molecule has 3 heterocycles. The SMILES string of the molecule is O=S(=O)(c1cccs1)N1CCc2c([nH]c3ccc(F)cc23)C1. The van der Waals surface area contributed by atoms with Crippen molar-refractivity contribution in [1.29, 1.82) is 0 Å². The van der Waals surface area contributed by atoms with E-state index in [9.17, 15) is 12.8 Å². The topological polar surface area (TPSA) is 53.2 Å². The highest BCUT2D eigenvalue weighted by molar-refractivity contribution is 7.91. The number of thiophene rings is 1. The van der Waals surface area contributed by atoms with Gasteiger partial charge in [0, 0.05) is 23.1 Å². The second-order valence-electron chi connectivity index (χ2n) is 5.29. The van der Waals surface area contributed by atoms with Gasteiger partial charge in [-0.2, -0.15) is 4.31 Å². The number of hydrogen-bond donors (Lipinski definition) is 1. The fourth-order valence-corrected chi connectivity index (χ4v) is 5.48. The Kier molecular flexibility index (Phi) is 3.11. The molecule has 1 N–H and O–H groups in total. The summed E-state index contributed by atoms with van der Waals surface area (Å²) in [5.74, 6) is -0.275. The second-order valence-corrected chi connectivity index (χ2v) is 8.41. The number of aromatic amines is 1. The Morgan fingerprint density at radius 1 is 1.27 bits per heavy atom. The van der Waals surface area contributed by atoms with Gasteiger partial charge >= 0.3 is 0 Å². The van der Waals surface area contributed by atoms with Gasteiger partial charge in [-0.25, -0.2) is 12.8 Å². The Morgan fingerprint density at radius 2 is 2.14 bits per heavy atom. The highest BCUT2D eigenvalue weighted by Crippen LogP contribution is 2.31. The molecule has 4 nitrogen and oxygen atoms in total. The molecule has 0 unspecified atom stereocenters. The molecule has 0 bridgehead atoms. The molecule has 1 aliphatic heterocycles. The predicted molar refractivity (Wildman–Crippen MR) is 83.9 cm³/mol. The zero-order valence-corrected chi connectivity index (χ0v) is 13.2. The van der Waals surface area contributed by atoms with E-state index in [4.69, 9.17) is 0 Å². The number of aromatic nitrogens is 1. The number of nitrogens with zero attached hydrogens (tertiary/aromatic N) is 1. The van der Waals surface area contributed by atoms with Crippen LogP contribution in [0.3, 0.4) is 0 Å². The molecule has 7 heteroatoms. The van der Waals surface area contributed by atoms with E-state index in [0.29, 0.717) is 23.7 Å². The average molecular weight is 336 g/mol. The fourth-order valence-electron chi connectivity index (χ4n) is 2.93. The van der Waals surface area contributed by atoms with Crippen molar-refractivity contribution in [2.45, 2.75) is 17.2 Å². The fraction of sp³-hybridized carbons (Fsp3) is 0.200. The third kappa shape index (κ3) is 2.08. The molecule has 3 aromatic rings. The number of benzene rings is 1. The van der Waals surface area contributed by atoms with E-state index in [-0.39, 0.29) is 5.82 Å². The number of rotatable bonds is 2. The third-order valence-corrected chi connectivity index (χ3v) is 7.21. The van der Waals surface area contributed by atoms with Crippen LogP contribution in [0.5, 0.6) is 0 Å². The number of nitrogens with one attached hydrogen (secondary N) is 1. The van der Waals surface area contributed by atoms with E-state index in [1.165, 1.54) is 27.8 Å². The maximum absolute atomic E-state index is 13.4.